The maximum atomic E-state index is 13.1. The van der Waals surface area contributed by atoms with Gasteiger partial charge in [-0.2, -0.15) is 5.10 Å². The maximum Gasteiger partial charge on any atom is 0.263 e. The van der Waals surface area contributed by atoms with Gasteiger partial charge in [0.25, 0.3) is 5.91 Å². The molecule has 0 radical (unpaired) electrons. The molecule has 0 saturated carbocycles. The number of amides is 2. The van der Waals surface area contributed by atoms with Gasteiger partial charge < -0.3 is 9.80 Å². The van der Waals surface area contributed by atoms with E-state index in [1.54, 1.807) is 10.9 Å². The summed E-state index contributed by atoms with van der Waals surface area (Å²) in [7, 11) is 1.91. The summed E-state index contributed by atoms with van der Waals surface area (Å²) in [5.41, 5.74) is 2.52. The number of aryl methyl sites for hydroxylation is 1. The minimum Gasteiger partial charge on any atom is -0.341 e. The van der Waals surface area contributed by atoms with Crippen LogP contribution in [0.3, 0.4) is 0 Å². The Morgan fingerprint density at radius 1 is 1.16 bits per heavy atom. The van der Waals surface area contributed by atoms with Crippen LogP contribution >= 0.6 is 11.3 Å². The largest absolute Gasteiger partial charge is 0.341 e. The Bertz CT molecular complexity index is 1020. The van der Waals surface area contributed by atoms with E-state index in [4.69, 9.17) is 0 Å². The lowest BCUT2D eigenvalue weighted by atomic mass is 9.84. The molecular weight excluding hydrogens is 420 g/mol. The van der Waals surface area contributed by atoms with Gasteiger partial charge in [0.2, 0.25) is 5.91 Å². The molecule has 1 unspecified atom stereocenters. The molecule has 0 spiro atoms. The minimum atomic E-state index is 0.0596. The lowest BCUT2D eigenvalue weighted by Crippen LogP contribution is -2.49. The summed E-state index contributed by atoms with van der Waals surface area (Å²) in [5.74, 6) is 0.523. The second-order valence-electron chi connectivity index (χ2n) is 8.51. The molecule has 3 aromatic rings. The topological polar surface area (TPSA) is 58.4 Å². The van der Waals surface area contributed by atoms with Gasteiger partial charge in [0.15, 0.2) is 0 Å². The number of carbonyl (C=O) groups is 2. The molecule has 1 aromatic carbocycles. The normalized spacial score (nSPS) is 15.5. The summed E-state index contributed by atoms with van der Waals surface area (Å²) in [4.78, 5) is 30.5. The summed E-state index contributed by atoms with van der Waals surface area (Å²) in [6.07, 6.45) is 6.12. The summed E-state index contributed by atoms with van der Waals surface area (Å²) in [6, 6.07) is 14.1. The number of hydrogen-bond acceptors (Lipinski definition) is 4. The van der Waals surface area contributed by atoms with Gasteiger partial charge in [-0.3, -0.25) is 14.3 Å². The molecule has 7 heteroatoms. The Balaban J connectivity index is 1.48. The molecular formula is C25H30N4O2S. The third-order valence-electron chi connectivity index (χ3n) is 6.54. The molecule has 0 bridgehead atoms. The van der Waals surface area contributed by atoms with Crippen molar-refractivity contribution in [2.75, 3.05) is 20.1 Å². The van der Waals surface area contributed by atoms with Crippen LogP contribution in [0.5, 0.6) is 0 Å². The van der Waals surface area contributed by atoms with Crippen molar-refractivity contribution in [3.8, 4) is 0 Å². The lowest BCUT2D eigenvalue weighted by Gasteiger charge is -2.40. The Morgan fingerprint density at radius 2 is 1.94 bits per heavy atom. The van der Waals surface area contributed by atoms with Gasteiger partial charge in [0.1, 0.15) is 6.54 Å². The maximum absolute atomic E-state index is 13.1. The monoisotopic (exact) mass is 450 g/mol. The second kappa shape index (κ2) is 10.1. The Morgan fingerprint density at radius 3 is 2.59 bits per heavy atom. The van der Waals surface area contributed by atoms with E-state index in [2.05, 4.69) is 36.3 Å². The van der Waals surface area contributed by atoms with Crippen molar-refractivity contribution in [3.05, 3.63) is 76.2 Å². The van der Waals surface area contributed by atoms with E-state index in [9.17, 15) is 9.59 Å². The van der Waals surface area contributed by atoms with Crippen LogP contribution < -0.4 is 0 Å². The van der Waals surface area contributed by atoms with E-state index < -0.39 is 0 Å². The Labute approximate surface area is 193 Å². The zero-order chi connectivity index (χ0) is 22.5. The number of likely N-dealkylation sites (N-methyl/N-ethyl adjacent to an activating group) is 1. The number of hydrogen-bond donors (Lipinski definition) is 0. The summed E-state index contributed by atoms with van der Waals surface area (Å²) in [6.45, 7) is 3.82. The highest BCUT2D eigenvalue weighted by Gasteiger charge is 2.33. The predicted molar refractivity (Wildman–Crippen MR) is 127 cm³/mol. The predicted octanol–water partition coefficient (Wildman–Crippen LogP) is 3.88. The minimum absolute atomic E-state index is 0.0596. The van der Waals surface area contributed by atoms with Crippen molar-refractivity contribution < 1.29 is 9.59 Å². The van der Waals surface area contributed by atoms with Crippen molar-refractivity contribution in [2.24, 2.45) is 5.92 Å². The van der Waals surface area contributed by atoms with E-state index in [1.165, 1.54) is 22.5 Å². The van der Waals surface area contributed by atoms with Crippen LogP contribution in [-0.2, 0) is 17.8 Å². The lowest BCUT2D eigenvalue weighted by molar-refractivity contribution is -0.134. The van der Waals surface area contributed by atoms with E-state index in [1.807, 2.05) is 46.6 Å². The molecule has 1 atom stereocenters. The smallest absolute Gasteiger partial charge is 0.263 e. The van der Waals surface area contributed by atoms with Crippen LogP contribution in [-0.4, -0.2) is 57.6 Å². The SMILES string of the molecule is Cc1ccccc1CC(C1CCN(C(=O)c2cccs2)CC1)N(C)C(=O)Cn1cccn1. The quantitative estimate of drug-likeness (QED) is 0.549. The van der Waals surface area contributed by atoms with Crippen LogP contribution in [0.25, 0.3) is 0 Å². The molecule has 2 amide bonds. The van der Waals surface area contributed by atoms with Crippen LogP contribution in [0.4, 0.5) is 0 Å². The van der Waals surface area contributed by atoms with Crippen LogP contribution in [0, 0.1) is 12.8 Å². The Kier molecular flexibility index (Phi) is 7.05. The zero-order valence-corrected chi connectivity index (χ0v) is 19.5. The molecule has 1 fully saturated rings. The van der Waals surface area contributed by atoms with Crippen molar-refractivity contribution in [1.29, 1.82) is 0 Å². The molecule has 4 rings (SSSR count). The van der Waals surface area contributed by atoms with Gasteiger partial charge in [-0.25, -0.2) is 0 Å². The first-order chi connectivity index (χ1) is 15.5. The third kappa shape index (κ3) is 5.10. The van der Waals surface area contributed by atoms with E-state index in [0.29, 0.717) is 5.92 Å². The van der Waals surface area contributed by atoms with Gasteiger partial charge in [-0.05, 0) is 60.7 Å². The van der Waals surface area contributed by atoms with E-state index in [-0.39, 0.29) is 24.4 Å². The fourth-order valence-electron chi connectivity index (χ4n) is 4.56. The molecule has 1 aliphatic heterocycles. The fraction of sp³-hybridized carbons (Fsp3) is 0.400. The number of benzene rings is 1. The number of thiophene rings is 1. The van der Waals surface area contributed by atoms with Crippen LogP contribution in [0.1, 0.15) is 33.6 Å². The first-order valence-corrected chi connectivity index (χ1v) is 12.0. The van der Waals surface area contributed by atoms with E-state index >= 15 is 0 Å². The summed E-state index contributed by atoms with van der Waals surface area (Å²) >= 11 is 1.49. The molecule has 0 aliphatic carbocycles. The van der Waals surface area contributed by atoms with Crippen molar-refractivity contribution in [1.82, 2.24) is 19.6 Å². The zero-order valence-electron chi connectivity index (χ0n) is 18.7. The third-order valence-corrected chi connectivity index (χ3v) is 7.40. The van der Waals surface area contributed by atoms with Gasteiger partial charge in [0.05, 0.1) is 4.88 Å². The number of aromatic nitrogens is 2. The number of piperidine rings is 1. The highest BCUT2D eigenvalue weighted by atomic mass is 32.1. The Hall–Kier alpha value is -2.93. The molecule has 6 nitrogen and oxygen atoms in total. The average molecular weight is 451 g/mol. The number of rotatable bonds is 7. The molecule has 2 aromatic heterocycles. The number of nitrogens with zero attached hydrogens (tertiary/aromatic N) is 4. The molecule has 0 N–H and O–H groups in total. The molecule has 168 valence electrons. The fourth-order valence-corrected chi connectivity index (χ4v) is 5.25. The number of carbonyl (C=O) groups excluding carboxylic acids is 2. The van der Waals surface area contributed by atoms with Crippen molar-refractivity contribution in [3.63, 3.8) is 0 Å². The van der Waals surface area contributed by atoms with E-state index in [0.717, 1.165) is 37.2 Å². The highest BCUT2D eigenvalue weighted by molar-refractivity contribution is 7.12. The second-order valence-corrected chi connectivity index (χ2v) is 9.46. The molecule has 1 saturated heterocycles. The first kappa shape index (κ1) is 22.3. The molecule has 1 aliphatic rings. The average Bonchev–Trinajstić information content (AvgIpc) is 3.52. The summed E-state index contributed by atoms with van der Waals surface area (Å²) < 4.78 is 1.67. The van der Waals surface area contributed by atoms with Crippen molar-refractivity contribution >= 4 is 23.2 Å². The van der Waals surface area contributed by atoms with Crippen molar-refractivity contribution in [2.45, 2.75) is 38.8 Å². The summed E-state index contributed by atoms with van der Waals surface area (Å²) in [5, 5.41) is 6.13. The van der Waals surface area contributed by atoms with Gasteiger partial charge in [-0.1, -0.05) is 30.3 Å². The molecule has 32 heavy (non-hydrogen) atoms. The van der Waals surface area contributed by atoms with Gasteiger partial charge in [-0.15, -0.1) is 11.3 Å². The standard InChI is InChI=1S/C25H30N4O2S/c1-19-7-3-4-8-21(19)17-22(27(2)24(30)18-29-13-6-12-26-29)20-10-14-28(15-11-20)25(31)23-9-5-16-32-23/h3-9,12-13,16,20,22H,10-11,14-15,17-18H2,1-2H3. The van der Waals surface area contributed by atoms with Crippen LogP contribution in [0.2, 0.25) is 0 Å². The molecule has 3 heterocycles. The van der Waals surface area contributed by atoms with Gasteiger partial charge in [0, 0.05) is 38.6 Å². The van der Waals surface area contributed by atoms with Gasteiger partial charge >= 0.3 is 0 Å². The first-order valence-electron chi connectivity index (χ1n) is 11.1. The highest BCUT2D eigenvalue weighted by Crippen LogP contribution is 2.28. The number of likely N-dealkylation sites (tertiary alicyclic amines) is 1. The van der Waals surface area contributed by atoms with Crippen LogP contribution in [0.15, 0.2) is 60.2 Å².